The molecule has 9 aromatic rings. The van der Waals surface area contributed by atoms with E-state index in [-0.39, 0.29) is 4.66 Å². The third kappa shape index (κ3) is 6.29. The van der Waals surface area contributed by atoms with Crippen molar-refractivity contribution >= 4 is 82.6 Å². The van der Waals surface area contributed by atoms with Crippen molar-refractivity contribution in [3.63, 3.8) is 0 Å². The molecular formula is C57H48N4Si2. The maximum atomic E-state index is 9.93. The van der Waals surface area contributed by atoms with Gasteiger partial charge in [0.2, 0.25) is 0 Å². The van der Waals surface area contributed by atoms with Gasteiger partial charge in [-0.15, -0.1) is 0 Å². The van der Waals surface area contributed by atoms with E-state index in [4.69, 9.17) is 0 Å². The molecule has 4 nitrogen and oxygen atoms in total. The Morgan fingerprint density at radius 3 is 1.44 bits per heavy atom. The van der Waals surface area contributed by atoms with Gasteiger partial charge in [0.05, 0.1) is 39.4 Å². The number of rotatable bonds is 8. The van der Waals surface area contributed by atoms with E-state index in [0.717, 1.165) is 34.1 Å². The Morgan fingerprint density at radius 1 is 0.397 bits per heavy atom. The molecule has 0 heterocycles. The van der Waals surface area contributed by atoms with E-state index in [1.165, 1.54) is 54.6 Å². The van der Waals surface area contributed by atoms with E-state index in [9.17, 15) is 10.5 Å². The maximum absolute atomic E-state index is 9.93. The summed E-state index contributed by atoms with van der Waals surface area (Å²) in [6.45, 7) is 15.6. The molecule has 0 unspecified atom stereocenters. The standard InChI is InChI=1S/C57H48N4Si2/c1-62(2,3)57(63(4,5)6)54-35-42-33-47(60(43-19-9-7-10-20-43)45-23-15-17-39(31-45)37-58)28-27-41(42)34-53(54)55-50-26-14-13-25-49(50)52-36-48(29-30-51(52)56(55)57)61(44-21-11-8-12-22-44)46-24-16-18-40(32-46)38-59/h7-36H,1-6H3. The van der Waals surface area contributed by atoms with Crippen LogP contribution in [0.1, 0.15) is 22.3 Å². The summed E-state index contributed by atoms with van der Waals surface area (Å²) in [5, 5.41) is 27.3. The molecule has 6 heteroatoms. The summed E-state index contributed by atoms with van der Waals surface area (Å²) < 4.78 is -0.140. The van der Waals surface area contributed by atoms with E-state index < -0.39 is 16.1 Å². The highest BCUT2D eigenvalue weighted by Crippen LogP contribution is 2.62. The van der Waals surface area contributed by atoms with E-state index in [2.05, 4.69) is 195 Å². The Bertz CT molecular complexity index is 3340. The van der Waals surface area contributed by atoms with Crippen LogP contribution in [0.2, 0.25) is 39.3 Å². The van der Waals surface area contributed by atoms with Crippen LogP contribution in [0.25, 0.3) is 43.4 Å². The normalized spacial score (nSPS) is 13.0. The van der Waals surface area contributed by atoms with Crippen molar-refractivity contribution in [2.75, 3.05) is 9.80 Å². The predicted octanol–water partition coefficient (Wildman–Crippen LogP) is 15.9. The van der Waals surface area contributed by atoms with Crippen molar-refractivity contribution in [2.24, 2.45) is 0 Å². The number of hydrogen-bond acceptors (Lipinski definition) is 4. The summed E-state index contributed by atoms with van der Waals surface area (Å²) in [5.74, 6) is 0. The van der Waals surface area contributed by atoms with Crippen molar-refractivity contribution in [3.05, 3.63) is 204 Å². The molecule has 0 bridgehead atoms. The monoisotopic (exact) mass is 844 g/mol. The first kappa shape index (κ1) is 39.9. The molecule has 0 aliphatic heterocycles. The number of fused-ring (bicyclic) bond motifs is 9. The fourth-order valence-electron chi connectivity index (χ4n) is 11.2. The molecule has 1 aliphatic carbocycles. The molecule has 9 aromatic carbocycles. The van der Waals surface area contributed by atoms with Gasteiger partial charge in [0.1, 0.15) is 0 Å². The fourth-order valence-corrected chi connectivity index (χ4v) is 24.3. The minimum absolute atomic E-state index is 0.140. The summed E-state index contributed by atoms with van der Waals surface area (Å²) in [5.41, 5.74) is 13.1. The predicted molar refractivity (Wildman–Crippen MR) is 271 cm³/mol. The number of para-hydroxylation sites is 2. The van der Waals surface area contributed by atoms with Crippen molar-refractivity contribution in [1.82, 2.24) is 0 Å². The zero-order valence-electron chi connectivity index (χ0n) is 36.6. The molecule has 0 fully saturated rings. The average Bonchev–Trinajstić information content (AvgIpc) is 3.61. The highest BCUT2D eigenvalue weighted by atomic mass is 28.4. The van der Waals surface area contributed by atoms with Gasteiger partial charge in [-0.3, -0.25) is 0 Å². The van der Waals surface area contributed by atoms with Crippen molar-refractivity contribution in [2.45, 2.75) is 43.9 Å². The topological polar surface area (TPSA) is 54.1 Å². The van der Waals surface area contributed by atoms with Crippen LogP contribution in [0.3, 0.4) is 0 Å². The summed E-state index contributed by atoms with van der Waals surface area (Å²) in [7, 11) is -4.25. The summed E-state index contributed by atoms with van der Waals surface area (Å²) >= 11 is 0. The van der Waals surface area contributed by atoms with Gasteiger partial charge in [0.25, 0.3) is 0 Å². The van der Waals surface area contributed by atoms with Gasteiger partial charge in [0, 0.05) is 38.8 Å². The molecule has 63 heavy (non-hydrogen) atoms. The Kier molecular flexibility index (Phi) is 9.49. The van der Waals surface area contributed by atoms with Crippen LogP contribution in [-0.4, -0.2) is 16.1 Å². The SMILES string of the molecule is C[Si](C)(C)C1([Si](C)(C)C)c2cc3cc(N(c4ccccc4)c4cccc(C#N)c4)ccc3cc2-c2c1c1ccc(N(c3ccccc3)c3cccc(C#N)c3)cc1c1ccccc21. The molecular weight excluding hydrogens is 797 g/mol. The second-order valence-corrected chi connectivity index (χ2v) is 29.9. The highest BCUT2D eigenvalue weighted by molar-refractivity contribution is 7.00. The van der Waals surface area contributed by atoms with Crippen LogP contribution >= 0.6 is 0 Å². The number of hydrogen-bond donors (Lipinski definition) is 0. The summed E-state index contributed by atoms with van der Waals surface area (Å²) in [6, 6.07) is 69.5. The van der Waals surface area contributed by atoms with Gasteiger partial charge < -0.3 is 9.80 Å². The molecule has 1 aliphatic rings. The summed E-state index contributed by atoms with van der Waals surface area (Å²) in [4.78, 5) is 4.54. The second-order valence-electron chi connectivity index (χ2n) is 18.9. The quantitative estimate of drug-likeness (QED) is 0.113. The molecule has 0 saturated heterocycles. The van der Waals surface area contributed by atoms with Gasteiger partial charge in [-0.2, -0.15) is 10.5 Å². The van der Waals surface area contributed by atoms with Crippen molar-refractivity contribution < 1.29 is 0 Å². The first-order valence-corrected chi connectivity index (χ1v) is 28.7. The smallest absolute Gasteiger partial charge is 0.0992 e. The lowest BCUT2D eigenvalue weighted by molar-refractivity contribution is 0.965. The van der Waals surface area contributed by atoms with Gasteiger partial charge in [-0.25, -0.2) is 0 Å². The molecule has 0 aromatic heterocycles. The van der Waals surface area contributed by atoms with Crippen LogP contribution in [0.5, 0.6) is 0 Å². The number of benzene rings is 9. The molecule has 0 atom stereocenters. The first-order chi connectivity index (χ1) is 30.4. The van der Waals surface area contributed by atoms with Crippen molar-refractivity contribution in [3.8, 4) is 23.3 Å². The molecule has 0 amide bonds. The van der Waals surface area contributed by atoms with Gasteiger partial charge in [-0.05, 0) is 146 Å². The molecule has 304 valence electrons. The van der Waals surface area contributed by atoms with Gasteiger partial charge >= 0.3 is 0 Å². The number of anilines is 6. The van der Waals surface area contributed by atoms with Crippen LogP contribution in [0, 0.1) is 22.7 Å². The third-order valence-corrected chi connectivity index (χ3v) is 23.3. The largest absolute Gasteiger partial charge is 0.310 e. The fraction of sp³-hybridized carbons (Fsp3) is 0.123. The number of nitriles is 2. The Hall–Kier alpha value is -7.23. The van der Waals surface area contributed by atoms with E-state index in [1.807, 2.05) is 48.5 Å². The lowest BCUT2D eigenvalue weighted by Gasteiger charge is -2.51. The maximum Gasteiger partial charge on any atom is 0.0992 e. The van der Waals surface area contributed by atoms with E-state index >= 15 is 0 Å². The number of nitrogens with zero attached hydrogens (tertiary/aromatic N) is 4. The van der Waals surface area contributed by atoms with Gasteiger partial charge in [-0.1, -0.05) is 130 Å². The lowest BCUT2D eigenvalue weighted by atomic mass is 9.90. The lowest BCUT2D eigenvalue weighted by Crippen LogP contribution is -2.63. The third-order valence-electron chi connectivity index (χ3n) is 13.3. The average molecular weight is 845 g/mol. The van der Waals surface area contributed by atoms with Crippen molar-refractivity contribution in [1.29, 1.82) is 10.5 Å². The molecule has 0 N–H and O–H groups in total. The Labute approximate surface area is 372 Å². The van der Waals surface area contributed by atoms with Crippen LogP contribution in [0.15, 0.2) is 182 Å². The van der Waals surface area contributed by atoms with Gasteiger partial charge in [0.15, 0.2) is 0 Å². The summed E-state index contributed by atoms with van der Waals surface area (Å²) in [6.07, 6.45) is 0. The zero-order valence-corrected chi connectivity index (χ0v) is 38.6. The molecule has 0 radical (unpaired) electrons. The Balaban J connectivity index is 1.26. The highest BCUT2D eigenvalue weighted by Gasteiger charge is 2.60. The van der Waals surface area contributed by atoms with E-state index in [0.29, 0.717) is 11.1 Å². The minimum Gasteiger partial charge on any atom is -0.310 e. The minimum atomic E-state index is -2.13. The second kappa shape index (κ2) is 15.0. The van der Waals surface area contributed by atoms with E-state index in [1.54, 1.807) is 0 Å². The zero-order chi connectivity index (χ0) is 43.7. The molecule has 0 saturated carbocycles. The van der Waals surface area contributed by atoms with Crippen LogP contribution in [-0.2, 0) is 4.66 Å². The first-order valence-electron chi connectivity index (χ1n) is 21.7. The molecule has 10 rings (SSSR count). The Morgan fingerprint density at radius 2 is 0.889 bits per heavy atom. The van der Waals surface area contributed by atoms with Crippen LogP contribution < -0.4 is 9.80 Å². The molecule has 0 spiro atoms. The van der Waals surface area contributed by atoms with Crippen LogP contribution in [0.4, 0.5) is 34.1 Å².